The molecule has 1 aliphatic rings. The monoisotopic (exact) mass is 383 g/mol. The molecule has 0 fully saturated rings. The summed E-state index contributed by atoms with van der Waals surface area (Å²) in [4.78, 5) is 26.1. The van der Waals surface area contributed by atoms with Gasteiger partial charge >= 0.3 is 5.63 Å². The lowest BCUT2D eigenvalue weighted by Crippen LogP contribution is -2.39. The Morgan fingerprint density at radius 2 is 2.07 bits per heavy atom. The van der Waals surface area contributed by atoms with E-state index in [1.54, 1.807) is 17.0 Å². The van der Waals surface area contributed by atoms with Crippen molar-refractivity contribution in [2.45, 2.75) is 26.3 Å². The Morgan fingerprint density at radius 1 is 1.30 bits per heavy atom. The highest BCUT2D eigenvalue weighted by molar-refractivity contribution is 6.32. The fraction of sp³-hybridized carbons (Fsp3) is 0.238. The number of fused-ring (bicyclic) bond motifs is 2. The van der Waals surface area contributed by atoms with Crippen molar-refractivity contribution < 1.29 is 13.9 Å². The van der Waals surface area contributed by atoms with Crippen molar-refractivity contribution in [2.75, 3.05) is 11.5 Å². The van der Waals surface area contributed by atoms with E-state index in [0.717, 1.165) is 28.6 Å². The Hall–Kier alpha value is -2.79. The molecule has 6 heteroatoms. The molecule has 1 aliphatic heterocycles. The van der Waals surface area contributed by atoms with Gasteiger partial charge in [-0.05, 0) is 43.5 Å². The minimum absolute atomic E-state index is 0.0752. The number of anilines is 1. The molecule has 0 spiro atoms. The molecule has 0 bridgehead atoms. The van der Waals surface area contributed by atoms with Gasteiger partial charge in [0.25, 0.3) is 5.91 Å². The fourth-order valence-electron chi connectivity index (χ4n) is 3.58. The number of rotatable bonds is 3. The summed E-state index contributed by atoms with van der Waals surface area (Å²) in [5, 5.41) is 1.10. The summed E-state index contributed by atoms with van der Waals surface area (Å²) < 4.78 is 10.9. The van der Waals surface area contributed by atoms with E-state index < -0.39 is 5.63 Å². The highest BCUT2D eigenvalue weighted by atomic mass is 35.5. The van der Waals surface area contributed by atoms with E-state index in [4.69, 9.17) is 20.8 Å². The molecule has 5 nitrogen and oxygen atoms in total. The van der Waals surface area contributed by atoms with Gasteiger partial charge in [0.05, 0.1) is 5.02 Å². The average Bonchev–Trinajstić information content (AvgIpc) is 2.96. The normalized spacial score (nSPS) is 15.8. The van der Waals surface area contributed by atoms with Crippen molar-refractivity contribution >= 4 is 34.2 Å². The Bertz CT molecular complexity index is 1110. The largest absolute Gasteiger partial charge is 0.482 e. The summed E-state index contributed by atoms with van der Waals surface area (Å²) in [6.45, 7) is 3.67. The van der Waals surface area contributed by atoms with Gasteiger partial charge in [-0.25, -0.2) is 4.79 Å². The van der Waals surface area contributed by atoms with Gasteiger partial charge in [-0.1, -0.05) is 29.8 Å². The second kappa shape index (κ2) is 6.74. The van der Waals surface area contributed by atoms with Gasteiger partial charge in [-0.15, -0.1) is 0 Å². The van der Waals surface area contributed by atoms with Crippen LogP contribution in [0.5, 0.6) is 5.75 Å². The number of carbonyl (C=O) groups excluding carboxylic acids is 1. The first-order chi connectivity index (χ1) is 12.9. The van der Waals surface area contributed by atoms with E-state index in [-0.39, 0.29) is 18.6 Å². The van der Waals surface area contributed by atoms with Crippen LogP contribution in [0.15, 0.2) is 51.7 Å². The molecule has 3 aromatic rings. The van der Waals surface area contributed by atoms with Crippen molar-refractivity contribution in [3.63, 3.8) is 0 Å². The van der Waals surface area contributed by atoms with Crippen LogP contribution in [0, 0.1) is 6.92 Å². The van der Waals surface area contributed by atoms with Crippen LogP contribution in [0.25, 0.3) is 11.0 Å². The second-order valence-electron chi connectivity index (χ2n) is 6.76. The molecule has 1 atom stereocenters. The van der Waals surface area contributed by atoms with E-state index in [2.05, 4.69) is 0 Å². The van der Waals surface area contributed by atoms with Crippen molar-refractivity contribution in [3.05, 3.63) is 69.0 Å². The molecule has 138 valence electrons. The highest BCUT2D eigenvalue weighted by Gasteiger charge is 2.30. The zero-order chi connectivity index (χ0) is 19.1. The highest BCUT2D eigenvalue weighted by Crippen LogP contribution is 2.33. The number of aryl methyl sites for hydroxylation is 1. The molecular weight excluding hydrogens is 366 g/mol. The Labute approximate surface area is 161 Å². The lowest BCUT2D eigenvalue weighted by Gasteiger charge is -2.23. The summed E-state index contributed by atoms with van der Waals surface area (Å²) in [5.41, 5.74) is 2.79. The van der Waals surface area contributed by atoms with Crippen LogP contribution in [-0.4, -0.2) is 18.6 Å². The summed E-state index contributed by atoms with van der Waals surface area (Å²) in [6.07, 6.45) is 0.822. The lowest BCUT2D eigenvalue weighted by molar-refractivity contribution is -0.120. The first-order valence-corrected chi connectivity index (χ1v) is 9.08. The van der Waals surface area contributed by atoms with E-state index in [1.165, 1.54) is 6.07 Å². The van der Waals surface area contributed by atoms with Gasteiger partial charge < -0.3 is 14.1 Å². The molecule has 2 heterocycles. The molecule has 4 rings (SSSR count). The lowest BCUT2D eigenvalue weighted by atomic mass is 10.1. The number of hydrogen-bond acceptors (Lipinski definition) is 4. The standard InChI is InChI=1S/C21H18ClNO4/c1-12-7-21(25)27-18-10-19(16(22)9-15(12)18)26-11-20(24)23-13(2)8-14-5-3-4-6-17(14)23/h3-7,9-10,13H,8,11H2,1-2H3/t13-/m1/s1. The van der Waals surface area contributed by atoms with Crippen LogP contribution in [0.1, 0.15) is 18.1 Å². The van der Waals surface area contributed by atoms with Gasteiger partial charge in [-0.2, -0.15) is 0 Å². The van der Waals surface area contributed by atoms with Gasteiger partial charge in [0, 0.05) is 29.2 Å². The zero-order valence-electron chi connectivity index (χ0n) is 15.0. The maximum atomic E-state index is 12.8. The quantitative estimate of drug-likeness (QED) is 0.638. The molecule has 0 saturated heterocycles. The van der Waals surface area contributed by atoms with Crippen molar-refractivity contribution in [3.8, 4) is 5.75 Å². The predicted octanol–water partition coefficient (Wildman–Crippen LogP) is 4.11. The average molecular weight is 384 g/mol. The predicted molar refractivity (Wildman–Crippen MR) is 105 cm³/mol. The minimum Gasteiger partial charge on any atom is -0.482 e. The van der Waals surface area contributed by atoms with Crippen molar-refractivity contribution in [1.82, 2.24) is 0 Å². The number of ether oxygens (including phenoxy) is 1. The number of nitrogens with zero attached hydrogens (tertiary/aromatic N) is 1. The third-order valence-electron chi connectivity index (χ3n) is 4.83. The summed E-state index contributed by atoms with van der Waals surface area (Å²) in [7, 11) is 0. The Balaban J connectivity index is 1.58. The van der Waals surface area contributed by atoms with Gasteiger partial charge in [-0.3, -0.25) is 4.79 Å². The number of benzene rings is 2. The SMILES string of the molecule is Cc1cc(=O)oc2cc(OCC(=O)N3c4ccccc4C[C@H]3C)c(Cl)cc12. The molecule has 1 aromatic heterocycles. The molecule has 0 unspecified atom stereocenters. The van der Waals surface area contributed by atoms with E-state index >= 15 is 0 Å². The number of carbonyl (C=O) groups is 1. The number of halogens is 1. The van der Waals surface area contributed by atoms with Crippen LogP contribution in [0.2, 0.25) is 5.02 Å². The maximum absolute atomic E-state index is 12.8. The van der Waals surface area contributed by atoms with E-state index in [9.17, 15) is 9.59 Å². The molecule has 0 saturated carbocycles. The van der Waals surface area contributed by atoms with Gasteiger partial charge in [0.2, 0.25) is 0 Å². The van der Waals surface area contributed by atoms with Crippen LogP contribution in [0.4, 0.5) is 5.69 Å². The van der Waals surface area contributed by atoms with E-state index in [0.29, 0.717) is 16.4 Å². The molecule has 0 N–H and O–H groups in total. The second-order valence-corrected chi connectivity index (χ2v) is 7.17. The van der Waals surface area contributed by atoms with E-state index in [1.807, 2.05) is 38.1 Å². The molecule has 27 heavy (non-hydrogen) atoms. The molecule has 2 aromatic carbocycles. The Morgan fingerprint density at radius 3 is 2.89 bits per heavy atom. The van der Waals surface area contributed by atoms with Crippen molar-refractivity contribution in [2.24, 2.45) is 0 Å². The molecule has 0 radical (unpaired) electrons. The van der Waals surface area contributed by atoms with Crippen LogP contribution in [0.3, 0.4) is 0 Å². The van der Waals surface area contributed by atoms with Crippen LogP contribution < -0.4 is 15.3 Å². The smallest absolute Gasteiger partial charge is 0.336 e. The number of amides is 1. The fourth-order valence-corrected chi connectivity index (χ4v) is 3.80. The first kappa shape index (κ1) is 17.6. The van der Waals surface area contributed by atoms with Crippen LogP contribution >= 0.6 is 11.6 Å². The number of para-hydroxylation sites is 1. The number of hydrogen-bond donors (Lipinski definition) is 0. The summed E-state index contributed by atoms with van der Waals surface area (Å²) >= 11 is 6.30. The summed E-state index contributed by atoms with van der Waals surface area (Å²) in [6, 6.07) is 12.6. The zero-order valence-corrected chi connectivity index (χ0v) is 15.7. The maximum Gasteiger partial charge on any atom is 0.336 e. The Kier molecular flexibility index (Phi) is 4.40. The third-order valence-corrected chi connectivity index (χ3v) is 5.13. The van der Waals surface area contributed by atoms with Gasteiger partial charge in [0.1, 0.15) is 11.3 Å². The first-order valence-electron chi connectivity index (χ1n) is 8.71. The van der Waals surface area contributed by atoms with Crippen LogP contribution in [-0.2, 0) is 11.2 Å². The molecule has 0 aliphatic carbocycles. The topological polar surface area (TPSA) is 59.8 Å². The third kappa shape index (κ3) is 3.19. The summed E-state index contributed by atoms with van der Waals surface area (Å²) in [5.74, 6) is 0.167. The molecular formula is C21H18ClNO4. The minimum atomic E-state index is -0.438. The molecule has 1 amide bonds. The van der Waals surface area contributed by atoms with Gasteiger partial charge in [0.15, 0.2) is 6.61 Å². The van der Waals surface area contributed by atoms with Crippen molar-refractivity contribution in [1.29, 1.82) is 0 Å².